The Kier molecular flexibility index (Phi) is 4.62. The lowest BCUT2D eigenvalue weighted by atomic mass is 9.68. The van der Waals surface area contributed by atoms with Crippen molar-refractivity contribution in [2.45, 2.75) is 48.5 Å². The van der Waals surface area contributed by atoms with Gasteiger partial charge in [0.2, 0.25) is 5.91 Å². The molecule has 3 nitrogen and oxygen atoms in total. The van der Waals surface area contributed by atoms with Gasteiger partial charge in [-0.25, -0.2) is 0 Å². The van der Waals surface area contributed by atoms with Crippen LogP contribution in [0.5, 0.6) is 0 Å². The fourth-order valence-electron chi connectivity index (χ4n) is 5.12. The summed E-state index contributed by atoms with van der Waals surface area (Å²) in [5, 5.41) is 0. The van der Waals surface area contributed by atoms with E-state index in [4.69, 9.17) is 4.74 Å². The molecule has 3 aliphatic rings. The number of carbonyl (C=O) groups is 1. The van der Waals surface area contributed by atoms with Gasteiger partial charge in [-0.05, 0) is 37.3 Å². The highest BCUT2D eigenvalue weighted by atomic mass is 32.2. The van der Waals surface area contributed by atoms with Crippen molar-refractivity contribution in [3.63, 3.8) is 0 Å². The molecule has 136 valence electrons. The molecule has 5 heteroatoms. The highest BCUT2D eigenvalue weighted by Gasteiger charge is 2.74. The van der Waals surface area contributed by atoms with Crippen LogP contribution in [0.25, 0.3) is 0 Å². The fourth-order valence-corrected chi connectivity index (χ4v) is 7.51. The van der Waals surface area contributed by atoms with Crippen molar-refractivity contribution >= 4 is 29.4 Å². The molecule has 2 saturated heterocycles. The summed E-state index contributed by atoms with van der Waals surface area (Å²) in [6.45, 7) is 2.85. The largest absolute Gasteiger partial charge is 0.353 e. The number of ether oxygens (including phenoxy) is 1. The van der Waals surface area contributed by atoms with E-state index in [1.807, 2.05) is 29.6 Å². The Morgan fingerprint density at radius 2 is 1.96 bits per heavy atom. The zero-order valence-electron chi connectivity index (χ0n) is 15.2. The SMILES string of the molecule is CCCC[C@]12OC[C@H](c3ccccc3)N1C(=O)[C@@H]1[C@H]2CC1(SC)SC. The van der Waals surface area contributed by atoms with E-state index >= 15 is 0 Å². The van der Waals surface area contributed by atoms with Crippen LogP contribution in [-0.2, 0) is 9.53 Å². The van der Waals surface area contributed by atoms with Crippen molar-refractivity contribution < 1.29 is 9.53 Å². The number of hydrogen-bond donors (Lipinski definition) is 0. The molecule has 4 rings (SSSR count). The maximum Gasteiger partial charge on any atom is 0.231 e. The molecule has 1 aromatic carbocycles. The van der Waals surface area contributed by atoms with Crippen molar-refractivity contribution in [3.8, 4) is 0 Å². The molecule has 1 aliphatic carbocycles. The van der Waals surface area contributed by atoms with Crippen molar-refractivity contribution in [1.82, 2.24) is 4.90 Å². The van der Waals surface area contributed by atoms with Crippen LogP contribution in [-0.4, -0.2) is 39.7 Å². The summed E-state index contributed by atoms with van der Waals surface area (Å²) in [5.74, 6) is 0.767. The molecule has 1 aromatic rings. The van der Waals surface area contributed by atoms with E-state index in [1.165, 1.54) is 5.56 Å². The van der Waals surface area contributed by atoms with Crippen molar-refractivity contribution in [1.29, 1.82) is 0 Å². The average molecular weight is 378 g/mol. The minimum absolute atomic E-state index is 0.0376. The normalized spacial score (nSPS) is 35.4. The summed E-state index contributed by atoms with van der Waals surface area (Å²) >= 11 is 3.71. The summed E-state index contributed by atoms with van der Waals surface area (Å²) < 4.78 is 6.54. The van der Waals surface area contributed by atoms with Crippen LogP contribution in [0.4, 0.5) is 0 Å². The molecule has 0 aromatic heterocycles. The second-order valence-electron chi connectivity index (χ2n) is 7.40. The van der Waals surface area contributed by atoms with Crippen molar-refractivity contribution in [2.24, 2.45) is 11.8 Å². The number of thioether (sulfide) groups is 2. The Bertz CT molecular complexity index is 648. The lowest BCUT2D eigenvalue weighted by molar-refractivity contribution is -0.142. The molecule has 25 heavy (non-hydrogen) atoms. The van der Waals surface area contributed by atoms with Crippen LogP contribution in [0.1, 0.15) is 44.2 Å². The first-order valence-electron chi connectivity index (χ1n) is 9.26. The quantitative estimate of drug-likeness (QED) is 0.681. The lowest BCUT2D eigenvalue weighted by Gasteiger charge is -2.52. The topological polar surface area (TPSA) is 29.5 Å². The van der Waals surface area contributed by atoms with Crippen LogP contribution < -0.4 is 0 Å². The van der Waals surface area contributed by atoms with Gasteiger partial charge in [0.1, 0.15) is 5.72 Å². The number of rotatable bonds is 6. The number of fused-ring (bicyclic) bond motifs is 3. The smallest absolute Gasteiger partial charge is 0.231 e. The van der Waals surface area contributed by atoms with Crippen LogP contribution in [0, 0.1) is 11.8 Å². The number of benzene rings is 1. The summed E-state index contributed by atoms with van der Waals surface area (Å²) in [5.41, 5.74) is 0.835. The molecule has 2 heterocycles. The monoisotopic (exact) mass is 377 g/mol. The van der Waals surface area contributed by atoms with Gasteiger partial charge in [-0.15, -0.1) is 23.5 Å². The number of unbranched alkanes of at least 4 members (excludes halogenated alkanes) is 1. The van der Waals surface area contributed by atoms with Crippen molar-refractivity contribution in [3.05, 3.63) is 35.9 Å². The molecule has 3 fully saturated rings. The first-order chi connectivity index (χ1) is 12.1. The predicted octanol–water partition coefficient (Wildman–Crippen LogP) is 4.55. The fraction of sp³-hybridized carbons (Fsp3) is 0.650. The molecular formula is C20H27NO2S2. The Balaban J connectivity index is 1.72. The highest BCUT2D eigenvalue weighted by Crippen LogP contribution is 2.69. The van der Waals surface area contributed by atoms with E-state index in [1.54, 1.807) is 0 Å². The standard InChI is InChI=1S/C20H27NO2S2/c1-4-5-11-19-15-12-20(24-2,25-3)17(15)18(22)21(19)16(13-23-19)14-9-7-6-8-10-14/h6-10,15-17H,4-5,11-13H2,1-3H3/t15-,16-,17+,19-/m1/s1. The minimum Gasteiger partial charge on any atom is -0.353 e. The van der Waals surface area contributed by atoms with E-state index in [-0.39, 0.29) is 21.8 Å². The minimum atomic E-state index is -0.368. The van der Waals surface area contributed by atoms with Gasteiger partial charge in [0, 0.05) is 5.92 Å². The number of amides is 1. The summed E-state index contributed by atoms with van der Waals surface area (Å²) in [4.78, 5) is 15.7. The summed E-state index contributed by atoms with van der Waals surface area (Å²) in [6, 6.07) is 10.5. The van der Waals surface area contributed by atoms with Crippen molar-refractivity contribution in [2.75, 3.05) is 19.1 Å². The molecule has 0 spiro atoms. The zero-order valence-corrected chi connectivity index (χ0v) is 16.9. The van der Waals surface area contributed by atoms with Gasteiger partial charge >= 0.3 is 0 Å². The second kappa shape index (κ2) is 6.50. The maximum atomic E-state index is 13.6. The summed E-state index contributed by atoms with van der Waals surface area (Å²) in [6.07, 6.45) is 8.60. The predicted molar refractivity (Wildman–Crippen MR) is 106 cm³/mol. The molecule has 0 N–H and O–H groups in total. The Hall–Kier alpha value is -0.650. The van der Waals surface area contributed by atoms with Crippen LogP contribution in [0.2, 0.25) is 0 Å². The van der Waals surface area contributed by atoms with E-state index in [0.717, 1.165) is 25.7 Å². The second-order valence-corrected chi connectivity index (χ2v) is 9.93. The number of carbonyl (C=O) groups excluding carboxylic acids is 1. The maximum absolute atomic E-state index is 13.6. The Morgan fingerprint density at radius 1 is 1.24 bits per heavy atom. The molecule has 0 unspecified atom stereocenters. The molecular weight excluding hydrogens is 350 g/mol. The van der Waals surface area contributed by atoms with Gasteiger partial charge in [-0.2, -0.15) is 0 Å². The molecule has 1 saturated carbocycles. The molecule has 1 amide bonds. The zero-order chi connectivity index (χ0) is 17.7. The van der Waals surface area contributed by atoms with Gasteiger partial charge < -0.3 is 9.64 Å². The third-order valence-corrected chi connectivity index (χ3v) is 9.66. The van der Waals surface area contributed by atoms with Gasteiger partial charge in [-0.3, -0.25) is 4.79 Å². The van der Waals surface area contributed by atoms with E-state index in [0.29, 0.717) is 18.4 Å². The average Bonchev–Trinajstić information content (AvgIpc) is 3.09. The molecule has 0 radical (unpaired) electrons. The van der Waals surface area contributed by atoms with Gasteiger partial charge in [0.05, 0.1) is 22.6 Å². The van der Waals surface area contributed by atoms with E-state index < -0.39 is 0 Å². The lowest BCUT2D eigenvalue weighted by Crippen LogP contribution is -2.55. The van der Waals surface area contributed by atoms with E-state index in [2.05, 4.69) is 48.6 Å². The van der Waals surface area contributed by atoms with Crippen LogP contribution in [0.3, 0.4) is 0 Å². The third-order valence-electron chi connectivity index (χ3n) is 6.44. The van der Waals surface area contributed by atoms with E-state index in [9.17, 15) is 4.79 Å². The first-order valence-corrected chi connectivity index (χ1v) is 11.7. The number of nitrogens with zero attached hydrogens (tertiary/aromatic N) is 1. The van der Waals surface area contributed by atoms with Gasteiger partial charge in [0.15, 0.2) is 0 Å². The molecule has 0 bridgehead atoms. The molecule has 4 atom stereocenters. The summed E-state index contributed by atoms with van der Waals surface area (Å²) in [7, 11) is 0. The van der Waals surface area contributed by atoms with Crippen LogP contribution in [0.15, 0.2) is 30.3 Å². The number of hydrogen-bond acceptors (Lipinski definition) is 4. The van der Waals surface area contributed by atoms with Gasteiger partial charge in [0.25, 0.3) is 0 Å². The first kappa shape index (κ1) is 17.7. The molecule has 2 aliphatic heterocycles. The third kappa shape index (κ3) is 2.35. The Labute approximate surface area is 159 Å². The Morgan fingerprint density at radius 3 is 2.60 bits per heavy atom. The van der Waals surface area contributed by atoms with Crippen LogP contribution >= 0.6 is 23.5 Å². The highest BCUT2D eigenvalue weighted by molar-refractivity contribution is 8.17. The van der Waals surface area contributed by atoms with Gasteiger partial charge in [-0.1, -0.05) is 43.7 Å².